The molecule has 1 atom stereocenters. The second-order valence-electron chi connectivity index (χ2n) is 5.54. The number of aromatic nitrogens is 2. The fraction of sp³-hybridized carbons (Fsp3) is 0.375. The Morgan fingerprint density at radius 3 is 2.84 bits per heavy atom. The minimum Gasteiger partial charge on any atom is -0.276 e. The van der Waals surface area contributed by atoms with Crippen molar-refractivity contribution in [1.82, 2.24) is 9.78 Å². The van der Waals surface area contributed by atoms with Crippen molar-refractivity contribution in [3.63, 3.8) is 0 Å². The molecule has 0 spiro atoms. The van der Waals surface area contributed by atoms with Gasteiger partial charge in [-0.1, -0.05) is 24.3 Å². The smallest absolute Gasteiger partial charge is 0.0696 e. The van der Waals surface area contributed by atoms with Gasteiger partial charge in [0.25, 0.3) is 0 Å². The molecule has 1 aliphatic rings. The normalized spacial score (nSPS) is 21.7. The summed E-state index contributed by atoms with van der Waals surface area (Å²) in [5.74, 6) is 0. The van der Waals surface area contributed by atoms with Gasteiger partial charge in [-0.05, 0) is 42.4 Å². The van der Waals surface area contributed by atoms with Crippen LogP contribution in [0.4, 0.5) is 0 Å². The monoisotopic (exact) mass is 251 g/mol. The van der Waals surface area contributed by atoms with Gasteiger partial charge in [0.05, 0.1) is 17.7 Å². The molecule has 0 saturated heterocycles. The van der Waals surface area contributed by atoms with Crippen LogP contribution in [0, 0.1) is 16.7 Å². The van der Waals surface area contributed by atoms with Gasteiger partial charge in [-0.3, -0.25) is 4.68 Å². The van der Waals surface area contributed by atoms with Crippen LogP contribution in [0.15, 0.2) is 36.7 Å². The Morgan fingerprint density at radius 2 is 2.16 bits per heavy atom. The van der Waals surface area contributed by atoms with Gasteiger partial charge in [0.2, 0.25) is 0 Å². The molecule has 1 aromatic heterocycles. The van der Waals surface area contributed by atoms with E-state index in [0.717, 1.165) is 31.2 Å². The van der Waals surface area contributed by atoms with Crippen molar-refractivity contribution in [2.75, 3.05) is 0 Å². The summed E-state index contributed by atoms with van der Waals surface area (Å²) in [7, 11) is 1.92. The van der Waals surface area contributed by atoms with Crippen molar-refractivity contribution < 1.29 is 0 Å². The second kappa shape index (κ2) is 4.55. The Labute approximate surface area is 113 Å². The van der Waals surface area contributed by atoms with E-state index in [2.05, 4.69) is 35.4 Å². The van der Waals surface area contributed by atoms with Gasteiger partial charge in [-0.2, -0.15) is 10.4 Å². The van der Waals surface area contributed by atoms with Gasteiger partial charge in [-0.15, -0.1) is 0 Å². The number of hydrogen-bond acceptors (Lipinski definition) is 2. The molecule has 1 aliphatic carbocycles. The van der Waals surface area contributed by atoms with E-state index in [9.17, 15) is 5.26 Å². The van der Waals surface area contributed by atoms with Crippen molar-refractivity contribution in [1.29, 1.82) is 5.26 Å². The van der Waals surface area contributed by atoms with Gasteiger partial charge in [0.15, 0.2) is 0 Å². The Bertz CT molecular complexity index is 635. The minimum absolute atomic E-state index is 0.266. The predicted molar refractivity (Wildman–Crippen MR) is 73.4 cm³/mol. The summed E-state index contributed by atoms with van der Waals surface area (Å²) in [6.07, 6.45) is 7.48. The van der Waals surface area contributed by atoms with E-state index in [-0.39, 0.29) is 5.41 Å². The minimum atomic E-state index is -0.266. The molecule has 1 aromatic carbocycles. The molecule has 1 heterocycles. The number of fused-ring (bicyclic) bond motifs is 1. The first-order chi connectivity index (χ1) is 9.21. The first kappa shape index (κ1) is 12.0. The van der Waals surface area contributed by atoms with E-state index in [0.29, 0.717) is 0 Å². The van der Waals surface area contributed by atoms with Crippen LogP contribution >= 0.6 is 0 Å². The third-order valence-electron chi connectivity index (χ3n) is 4.06. The summed E-state index contributed by atoms with van der Waals surface area (Å²) in [5, 5.41) is 13.9. The van der Waals surface area contributed by atoms with Gasteiger partial charge >= 0.3 is 0 Å². The summed E-state index contributed by atoms with van der Waals surface area (Å²) in [4.78, 5) is 0. The lowest BCUT2D eigenvalue weighted by atomic mass is 9.69. The lowest BCUT2D eigenvalue weighted by Gasteiger charge is -2.32. The van der Waals surface area contributed by atoms with Crippen LogP contribution in [0.1, 0.15) is 23.1 Å². The average Bonchev–Trinajstić information content (AvgIpc) is 2.84. The predicted octanol–water partition coefficient (Wildman–Crippen LogP) is 2.66. The number of hydrogen-bond donors (Lipinski definition) is 0. The highest BCUT2D eigenvalue weighted by atomic mass is 15.2. The lowest BCUT2D eigenvalue weighted by Crippen LogP contribution is -2.29. The summed E-state index contributed by atoms with van der Waals surface area (Å²) < 4.78 is 1.80. The van der Waals surface area contributed by atoms with Crippen molar-refractivity contribution in [3.8, 4) is 6.07 Å². The van der Waals surface area contributed by atoms with E-state index in [1.807, 2.05) is 19.4 Å². The van der Waals surface area contributed by atoms with Crippen molar-refractivity contribution >= 4 is 0 Å². The molecule has 0 fully saturated rings. The summed E-state index contributed by atoms with van der Waals surface area (Å²) >= 11 is 0. The molecular weight excluding hydrogens is 234 g/mol. The molecule has 0 radical (unpaired) electrons. The summed E-state index contributed by atoms with van der Waals surface area (Å²) in [6.45, 7) is 0. The molecule has 0 bridgehead atoms. The van der Waals surface area contributed by atoms with Crippen molar-refractivity contribution in [2.45, 2.75) is 25.7 Å². The number of aryl methyl sites for hydroxylation is 2. The van der Waals surface area contributed by atoms with Crippen LogP contribution in [0.2, 0.25) is 0 Å². The number of rotatable bonds is 2. The second-order valence-corrected chi connectivity index (χ2v) is 5.54. The van der Waals surface area contributed by atoms with E-state index < -0.39 is 0 Å². The largest absolute Gasteiger partial charge is 0.276 e. The molecular formula is C16H17N3. The maximum atomic E-state index is 9.66. The summed E-state index contributed by atoms with van der Waals surface area (Å²) in [5.41, 5.74) is 3.62. The molecule has 19 heavy (non-hydrogen) atoms. The average molecular weight is 251 g/mol. The molecule has 3 nitrogen and oxygen atoms in total. The Kier molecular flexibility index (Phi) is 2.87. The van der Waals surface area contributed by atoms with E-state index in [4.69, 9.17) is 0 Å². The van der Waals surface area contributed by atoms with Crippen LogP contribution in [0.25, 0.3) is 0 Å². The fourth-order valence-corrected chi connectivity index (χ4v) is 3.04. The first-order valence-corrected chi connectivity index (χ1v) is 6.66. The van der Waals surface area contributed by atoms with E-state index in [1.165, 1.54) is 11.1 Å². The Hall–Kier alpha value is -2.08. The molecule has 96 valence electrons. The fourth-order valence-electron chi connectivity index (χ4n) is 3.04. The number of nitrogens with zero attached hydrogens (tertiary/aromatic N) is 3. The molecule has 0 aliphatic heterocycles. The van der Waals surface area contributed by atoms with Gasteiger partial charge < -0.3 is 0 Å². The van der Waals surface area contributed by atoms with Crippen LogP contribution in [-0.2, 0) is 26.3 Å². The molecule has 1 unspecified atom stereocenters. The zero-order valence-electron chi connectivity index (χ0n) is 11.1. The summed E-state index contributed by atoms with van der Waals surface area (Å²) in [6, 6.07) is 11.1. The quantitative estimate of drug-likeness (QED) is 0.823. The molecule has 3 rings (SSSR count). The lowest BCUT2D eigenvalue weighted by molar-refractivity contribution is 0.339. The highest BCUT2D eigenvalue weighted by Gasteiger charge is 2.34. The molecule has 0 amide bonds. The molecule has 3 heteroatoms. The molecule has 0 N–H and O–H groups in total. The number of benzene rings is 1. The SMILES string of the molecule is Cn1cc(CC2(C#N)CCc3ccccc3C2)cn1. The Balaban J connectivity index is 1.88. The Morgan fingerprint density at radius 1 is 1.37 bits per heavy atom. The topological polar surface area (TPSA) is 41.6 Å². The van der Waals surface area contributed by atoms with Gasteiger partial charge in [-0.25, -0.2) is 0 Å². The van der Waals surface area contributed by atoms with Crippen LogP contribution in [0.3, 0.4) is 0 Å². The number of nitriles is 1. The van der Waals surface area contributed by atoms with Crippen LogP contribution < -0.4 is 0 Å². The van der Waals surface area contributed by atoms with Gasteiger partial charge in [0, 0.05) is 13.2 Å². The maximum Gasteiger partial charge on any atom is 0.0696 e. The molecule has 2 aromatic rings. The van der Waals surface area contributed by atoms with Crippen LogP contribution in [0.5, 0.6) is 0 Å². The van der Waals surface area contributed by atoms with Gasteiger partial charge in [0.1, 0.15) is 0 Å². The zero-order chi connectivity index (χ0) is 13.3. The highest BCUT2D eigenvalue weighted by molar-refractivity contribution is 5.33. The molecule has 0 saturated carbocycles. The van der Waals surface area contributed by atoms with E-state index in [1.54, 1.807) is 4.68 Å². The zero-order valence-corrected chi connectivity index (χ0v) is 11.1. The third kappa shape index (κ3) is 2.26. The maximum absolute atomic E-state index is 9.66. The first-order valence-electron chi connectivity index (χ1n) is 6.66. The third-order valence-corrected chi connectivity index (χ3v) is 4.06. The standard InChI is InChI=1S/C16H17N3/c1-19-11-13(10-18-19)8-16(12-17)7-6-14-4-2-3-5-15(14)9-16/h2-5,10-11H,6-9H2,1H3. The van der Waals surface area contributed by atoms with Crippen molar-refractivity contribution in [3.05, 3.63) is 53.3 Å². The van der Waals surface area contributed by atoms with Crippen LogP contribution in [-0.4, -0.2) is 9.78 Å². The van der Waals surface area contributed by atoms with Crippen molar-refractivity contribution in [2.24, 2.45) is 12.5 Å². The highest BCUT2D eigenvalue weighted by Crippen LogP contribution is 2.37. The van der Waals surface area contributed by atoms with E-state index >= 15 is 0 Å².